The van der Waals surface area contributed by atoms with Gasteiger partial charge < -0.3 is 69.0 Å². The van der Waals surface area contributed by atoms with Crippen LogP contribution in [0.3, 0.4) is 0 Å². The lowest BCUT2D eigenvalue weighted by Gasteiger charge is -2.29. The topological polar surface area (TPSA) is 400 Å². The first-order valence-corrected chi connectivity index (χ1v) is 21.6. The van der Waals surface area contributed by atoms with Crippen molar-refractivity contribution in [3.05, 3.63) is 36.0 Å². The number of hydrogen-bond acceptors (Lipinski definition) is 12. The van der Waals surface area contributed by atoms with Crippen LogP contribution in [-0.2, 0) is 59.2 Å². The van der Waals surface area contributed by atoms with Gasteiger partial charge in [0.1, 0.15) is 42.3 Å². The number of carboxylic acids is 3. The van der Waals surface area contributed by atoms with Crippen molar-refractivity contribution in [3.63, 3.8) is 0 Å². The lowest BCUT2D eigenvalue weighted by molar-refractivity contribution is -0.145. The van der Waals surface area contributed by atoms with Crippen molar-refractivity contribution in [1.29, 1.82) is 0 Å². The molecule has 8 unspecified atom stereocenters. The maximum atomic E-state index is 14.1. The number of rotatable bonds is 28. The second-order valence-corrected chi connectivity index (χ2v) is 17.3. The van der Waals surface area contributed by atoms with Crippen molar-refractivity contribution in [1.82, 2.24) is 42.2 Å². The van der Waals surface area contributed by atoms with Crippen LogP contribution in [0.25, 0.3) is 10.9 Å². The number of para-hydroxylation sites is 1. The first-order chi connectivity index (χ1) is 31.2. The molecule has 370 valence electrons. The highest BCUT2D eigenvalue weighted by molar-refractivity contribution is 5.99. The minimum atomic E-state index is -1.93. The lowest BCUT2D eigenvalue weighted by Crippen LogP contribution is -2.61. The minimum Gasteiger partial charge on any atom is -0.481 e. The summed E-state index contributed by atoms with van der Waals surface area (Å²) in [5.74, 6) is -13.6. The number of H-pyrrole nitrogens is 1. The maximum absolute atomic E-state index is 14.1. The van der Waals surface area contributed by atoms with E-state index in [9.17, 15) is 68.1 Å². The fourth-order valence-corrected chi connectivity index (χ4v) is 6.72. The zero-order chi connectivity index (χ0) is 50.9. The zero-order valence-corrected chi connectivity index (χ0v) is 38.5. The number of primary amides is 1. The summed E-state index contributed by atoms with van der Waals surface area (Å²) in [6.07, 6.45) is -1.40. The maximum Gasteiger partial charge on any atom is 0.326 e. The van der Waals surface area contributed by atoms with Gasteiger partial charge in [0.05, 0.1) is 18.9 Å². The molecule has 1 aromatic carbocycles. The van der Waals surface area contributed by atoms with Crippen LogP contribution in [0, 0.1) is 17.8 Å². The van der Waals surface area contributed by atoms with E-state index in [-0.39, 0.29) is 12.3 Å². The molecule has 8 atom stereocenters. The summed E-state index contributed by atoms with van der Waals surface area (Å²) in [5, 5.41) is 46.0. The Morgan fingerprint density at radius 2 is 1.09 bits per heavy atom. The van der Waals surface area contributed by atoms with Crippen LogP contribution in [0.15, 0.2) is 30.5 Å². The Morgan fingerprint density at radius 3 is 1.61 bits per heavy atom. The summed E-state index contributed by atoms with van der Waals surface area (Å²) in [6.45, 7) is 11.4. The molecule has 1 aromatic heterocycles. The Hall–Kier alpha value is -7.11. The zero-order valence-electron chi connectivity index (χ0n) is 38.5. The third-order valence-corrected chi connectivity index (χ3v) is 10.4. The van der Waals surface area contributed by atoms with E-state index in [1.165, 1.54) is 20.8 Å². The van der Waals surface area contributed by atoms with Crippen molar-refractivity contribution < 1.29 is 68.1 Å². The van der Waals surface area contributed by atoms with Gasteiger partial charge in [0, 0.05) is 29.9 Å². The summed E-state index contributed by atoms with van der Waals surface area (Å²) in [6, 6.07) is -4.91. The SMILES string of the molecule is CC(C)CC(N)C(=O)NC(C)C(=O)NC(C(=O)NC(CCC(=O)O)C(=O)NC(C(=O)NC(Cc1c[nH]c2ccccc12)C(=O)NC(CC(=O)O)C(=O)NC(CC(N)=O)C(=O)O)C(C)C)C(C)C. The summed E-state index contributed by atoms with van der Waals surface area (Å²) in [4.78, 5) is 144. The van der Waals surface area contributed by atoms with Gasteiger partial charge >= 0.3 is 17.9 Å². The molecule has 0 radical (unpaired) electrons. The molecule has 0 saturated heterocycles. The van der Waals surface area contributed by atoms with Gasteiger partial charge in [-0.3, -0.25) is 47.9 Å². The highest BCUT2D eigenvalue weighted by atomic mass is 16.4. The first kappa shape index (κ1) is 56.0. The summed E-state index contributed by atoms with van der Waals surface area (Å²) in [7, 11) is 0. The summed E-state index contributed by atoms with van der Waals surface area (Å²) >= 11 is 0. The highest BCUT2D eigenvalue weighted by Crippen LogP contribution is 2.20. The molecule has 24 nitrogen and oxygen atoms in total. The van der Waals surface area contributed by atoms with Crippen LogP contribution >= 0.6 is 0 Å². The van der Waals surface area contributed by atoms with Crippen LogP contribution in [0.2, 0.25) is 0 Å². The van der Waals surface area contributed by atoms with Crippen LogP contribution in [0.1, 0.15) is 86.1 Å². The van der Waals surface area contributed by atoms with Crippen LogP contribution in [-0.4, -0.2) is 134 Å². The second kappa shape index (κ2) is 26.1. The minimum absolute atomic E-state index is 0.0992. The summed E-state index contributed by atoms with van der Waals surface area (Å²) < 4.78 is 0. The van der Waals surface area contributed by atoms with Gasteiger partial charge in [-0.05, 0) is 49.1 Å². The number of carbonyl (C=O) groups is 11. The van der Waals surface area contributed by atoms with Crippen molar-refractivity contribution >= 4 is 76.1 Å². The number of amides is 8. The standard InChI is InChI=1S/C43H64N10O14/c1-19(2)14-25(44)37(60)47-22(7)36(59)52-34(20(3)4)41(64)48-27(12-13-32(55)56)38(61)53-35(21(5)6)42(65)50-28(15-23-18-46-26-11-9-8-10-24(23)26)39(62)49-29(17-33(57)58)40(63)51-30(43(66)67)16-31(45)54/h8-11,18-22,25,27-30,34-35,46H,12-17,44H2,1-7H3,(H2,45,54)(H,47,60)(H,48,64)(H,49,62)(H,50,65)(H,51,63)(H,52,59)(H,53,61)(H,55,56)(H,57,58)(H,66,67). The average Bonchev–Trinajstić information content (AvgIpc) is 3.63. The van der Waals surface area contributed by atoms with Gasteiger partial charge in [-0.1, -0.05) is 59.7 Å². The molecule has 8 amide bonds. The van der Waals surface area contributed by atoms with Crippen molar-refractivity contribution in [3.8, 4) is 0 Å². The van der Waals surface area contributed by atoms with Crippen LogP contribution in [0.4, 0.5) is 0 Å². The lowest BCUT2D eigenvalue weighted by atomic mass is 9.99. The number of nitrogens with two attached hydrogens (primary N) is 2. The van der Waals surface area contributed by atoms with Crippen molar-refractivity contribution in [2.75, 3.05) is 0 Å². The number of fused-ring (bicyclic) bond motifs is 1. The quantitative estimate of drug-likeness (QED) is 0.0444. The molecule has 0 bridgehead atoms. The van der Waals surface area contributed by atoms with Crippen molar-refractivity contribution in [2.45, 2.75) is 135 Å². The van der Waals surface area contributed by atoms with Gasteiger partial charge in [0.2, 0.25) is 47.3 Å². The van der Waals surface area contributed by atoms with E-state index in [4.69, 9.17) is 11.5 Å². The Bertz CT molecular complexity index is 2140. The smallest absolute Gasteiger partial charge is 0.326 e. The van der Waals surface area contributed by atoms with E-state index in [0.717, 1.165) is 0 Å². The van der Waals surface area contributed by atoms with E-state index in [1.807, 2.05) is 19.2 Å². The van der Waals surface area contributed by atoms with Gasteiger partial charge in [-0.15, -0.1) is 0 Å². The molecule has 0 spiro atoms. The Balaban J connectivity index is 2.43. The molecule has 24 heteroatoms. The van der Waals surface area contributed by atoms with E-state index in [0.29, 0.717) is 22.9 Å². The van der Waals surface area contributed by atoms with E-state index in [1.54, 1.807) is 44.3 Å². The number of carboxylic acid groups (broad SMARTS) is 3. The molecular weight excluding hydrogens is 881 g/mol. The number of nitrogens with one attached hydrogen (secondary N) is 8. The fourth-order valence-electron chi connectivity index (χ4n) is 6.72. The largest absolute Gasteiger partial charge is 0.481 e. The normalized spacial score (nSPS) is 14.9. The highest BCUT2D eigenvalue weighted by Gasteiger charge is 2.36. The number of aromatic amines is 1. The van der Waals surface area contributed by atoms with Gasteiger partial charge in [0.15, 0.2) is 0 Å². The van der Waals surface area contributed by atoms with E-state index in [2.05, 4.69) is 36.9 Å². The number of benzene rings is 1. The number of aromatic nitrogens is 1. The van der Waals surface area contributed by atoms with Crippen molar-refractivity contribution in [2.24, 2.45) is 29.2 Å². The molecule has 2 aromatic rings. The molecule has 0 saturated carbocycles. The molecule has 1 heterocycles. The van der Waals surface area contributed by atoms with Gasteiger partial charge in [-0.25, -0.2) is 4.79 Å². The molecule has 2 rings (SSSR count). The first-order valence-electron chi connectivity index (χ1n) is 21.6. The summed E-state index contributed by atoms with van der Waals surface area (Å²) in [5.41, 5.74) is 12.1. The second-order valence-electron chi connectivity index (χ2n) is 17.3. The Labute approximate surface area is 386 Å². The Kier molecular flexibility index (Phi) is 21.9. The molecule has 0 aliphatic rings. The third kappa shape index (κ3) is 18.4. The van der Waals surface area contributed by atoms with E-state index >= 15 is 0 Å². The predicted molar refractivity (Wildman–Crippen MR) is 239 cm³/mol. The third-order valence-electron chi connectivity index (χ3n) is 10.4. The molecular formula is C43H64N10O14. The molecule has 0 aliphatic heterocycles. The fraction of sp³-hybridized carbons (Fsp3) is 0.558. The van der Waals surface area contributed by atoms with E-state index < -0.39 is 151 Å². The van der Waals surface area contributed by atoms with Gasteiger partial charge in [-0.2, -0.15) is 0 Å². The number of hydrogen-bond donors (Lipinski definition) is 13. The Morgan fingerprint density at radius 1 is 0.582 bits per heavy atom. The number of carbonyl (C=O) groups excluding carboxylic acids is 8. The predicted octanol–water partition coefficient (Wildman–Crippen LogP) is -1.89. The molecule has 0 fully saturated rings. The molecule has 15 N–H and O–H groups in total. The monoisotopic (exact) mass is 944 g/mol. The van der Waals surface area contributed by atoms with Gasteiger partial charge in [0.25, 0.3) is 0 Å². The molecule has 67 heavy (non-hydrogen) atoms. The van der Waals surface area contributed by atoms with Crippen LogP contribution in [0.5, 0.6) is 0 Å². The number of aliphatic carboxylic acids is 3. The van der Waals surface area contributed by atoms with Crippen LogP contribution < -0.4 is 48.7 Å². The average molecular weight is 945 g/mol. The molecule has 0 aliphatic carbocycles.